The molecule has 1 fully saturated rings. The zero-order valence-electron chi connectivity index (χ0n) is 12.7. The van der Waals surface area contributed by atoms with Crippen LogP contribution in [0.2, 0.25) is 0 Å². The van der Waals surface area contributed by atoms with Crippen molar-refractivity contribution in [3.05, 3.63) is 54.1 Å². The molecule has 1 saturated carbocycles. The quantitative estimate of drug-likeness (QED) is 0.914. The number of fused-ring (bicyclic) bond motifs is 1. The molecule has 5 nitrogen and oxygen atoms in total. The molecule has 2 aromatic rings. The van der Waals surface area contributed by atoms with E-state index in [0.717, 1.165) is 18.4 Å². The summed E-state index contributed by atoms with van der Waals surface area (Å²) in [6, 6.07) is 15.3. The second-order valence-corrected chi connectivity index (χ2v) is 5.89. The van der Waals surface area contributed by atoms with Crippen molar-refractivity contribution in [1.29, 1.82) is 0 Å². The summed E-state index contributed by atoms with van der Waals surface area (Å²) in [5, 5.41) is 5.96. The lowest BCUT2D eigenvalue weighted by Gasteiger charge is -2.20. The first-order valence-corrected chi connectivity index (χ1v) is 7.80. The van der Waals surface area contributed by atoms with E-state index >= 15 is 0 Å². The van der Waals surface area contributed by atoms with E-state index in [1.807, 2.05) is 30.3 Å². The van der Waals surface area contributed by atoms with Crippen LogP contribution in [0.4, 0.5) is 10.5 Å². The first-order chi connectivity index (χ1) is 11.3. The Morgan fingerprint density at radius 1 is 0.957 bits per heavy atom. The van der Waals surface area contributed by atoms with Crippen LogP contribution in [-0.4, -0.2) is 19.2 Å². The molecule has 5 heteroatoms. The number of urea groups is 1. The van der Waals surface area contributed by atoms with Crippen LogP contribution in [0.25, 0.3) is 0 Å². The third-order valence-corrected chi connectivity index (χ3v) is 4.23. The summed E-state index contributed by atoms with van der Waals surface area (Å²) in [7, 11) is 0. The number of anilines is 1. The predicted octanol–water partition coefficient (Wildman–Crippen LogP) is 3.27. The SMILES string of the molecule is O=C(Nc1ccc2c(c1)OCCO2)NC1(c2ccccc2)CC1. The van der Waals surface area contributed by atoms with Gasteiger partial charge in [-0.2, -0.15) is 0 Å². The number of rotatable bonds is 3. The highest BCUT2D eigenvalue weighted by atomic mass is 16.6. The van der Waals surface area contributed by atoms with Crippen molar-refractivity contribution in [3.63, 3.8) is 0 Å². The minimum absolute atomic E-state index is 0.206. The van der Waals surface area contributed by atoms with Crippen LogP contribution in [-0.2, 0) is 5.54 Å². The van der Waals surface area contributed by atoms with Gasteiger partial charge < -0.3 is 20.1 Å². The van der Waals surface area contributed by atoms with E-state index in [2.05, 4.69) is 22.8 Å². The van der Waals surface area contributed by atoms with Gasteiger partial charge in [0.05, 0.1) is 5.54 Å². The second-order valence-electron chi connectivity index (χ2n) is 5.89. The molecule has 0 unspecified atom stereocenters. The van der Waals surface area contributed by atoms with E-state index in [9.17, 15) is 4.79 Å². The summed E-state index contributed by atoms with van der Waals surface area (Å²) in [5.74, 6) is 1.38. The Morgan fingerprint density at radius 2 is 1.70 bits per heavy atom. The van der Waals surface area contributed by atoms with Crippen LogP contribution >= 0.6 is 0 Å². The molecule has 1 heterocycles. The summed E-state index contributed by atoms with van der Waals surface area (Å²) in [5.41, 5.74) is 1.62. The standard InChI is InChI=1S/C18H18N2O3/c21-17(20-18(8-9-18)13-4-2-1-3-5-13)19-14-6-7-15-16(12-14)23-11-10-22-15/h1-7,12H,8-11H2,(H2,19,20,21). The van der Waals surface area contributed by atoms with E-state index < -0.39 is 0 Å². The first-order valence-electron chi connectivity index (χ1n) is 7.80. The third-order valence-electron chi connectivity index (χ3n) is 4.23. The summed E-state index contributed by atoms with van der Waals surface area (Å²) >= 11 is 0. The fourth-order valence-corrected chi connectivity index (χ4v) is 2.87. The van der Waals surface area contributed by atoms with Gasteiger partial charge >= 0.3 is 6.03 Å². The van der Waals surface area contributed by atoms with E-state index in [1.165, 1.54) is 0 Å². The van der Waals surface area contributed by atoms with Gasteiger partial charge in [0.2, 0.25) is 0 Å². The van der Waals surface area contributed by atoms with Gasteiger partial charge in [-0.3, -0.25) is 0 Å². The van der Waals surface area contributed by atoms with Crippen molar-refractivity contribution in [2.24, 2.45) is 0 Å². The zero-order chi connectivity index (χ0) is 15.7. The number of carbonyl (C=O) groups excluding carboxylic acids is 1. The fraction of sp³-hybridized carbons (Fsp3) is 0.278. The number of nitrogens with one attached hydrogen (secondary N) is 2. The lowest BCUT2D eigenvalue weighted by Crippen LogP contribution is -2.38. The number of carbonyl (C=O) groups is 1. The van der Waals surface area contributed by atoms with Crippen LogP contribution in [0.1, 0.15) is 18.4 Å². The van der Waals surface area contributed by atoms with Gasteiger partial charge in [0.15, 0.2) is 11.5 Å². The molecule has 1 aliphatic carbocycles. The van der Waals surface area contributed by atoms with Crippen molar-refractivity contribution in [1.82, 2.24) is 5.32 Å². The van der Waals surface area contributed by atoms with Crippen molar-refractivity contribution >= 4 is 11.7 Å². The molecule has 0 bridgehead atoms. The summed E-state index contributed by atoms with van der Waals surface area (Å²) in [6.07, 6.45) is 1.93. The predicted molar refractivity (Wildman–Crippen MR) is 86.9 cm³/mol. The minimum Gasteiger partial charge on any atom is -0.486 e. The average Bonchev–Trinajstić information content (AvgIpc) is 3.36. The second kappa shape index (κ2) is 5.50. The molecular weight excluding hydrogens is 292 g/mol. The highest BCUT2D eigenvalue weighted by molar-refractivity contribution is 5.90. The largest absolute Gasteiger partial charge is 0.486 e. The minimum atomic E-state index is -0.223. The molecule has 0 aromatic heterocycles. The van der Waals surface area contributed by atoms with Gasteiger partial charge in [0.25, 0.3) is 0 Å². The van der Waals surface area contributed by atoms with Crippen LogP contribution in [0, 0.1) is 0 Å². The molecule has 0 atom stereocenters. The number of benzene rings is 2. The zero-order valence-corrected chi connectivity index (χ0v) is 12.7. The molecule has 118 valence electrons. The van der Waals surface area contributed by atoms with Crippen LogP contribution in [0.5, 0.6) is 11.5 Å². The molecular formula is C18H18N2O3. The van der Waals surface area contributed by atoms with Crippen molar-refractivity contribution in [2.45, 2.75) is 18.4 Å². The molecule has 0 saturated heterocycles. The lowest BCUT2D eigenvalue weighted by atomic mass is 10.1. The maximum atomic E-state index is 12.3. The monoisotopic (exact) mass is 310 g/mol. The Kier molecular flexibility index (Phi) is 3.33. The fourth-order valence-electron chi connectivity index (χ4n) is 2.87. The summed E-state index contributed by atoms with van der Waals surface area (Å²) < 4.78 is 11.0. The maximum absolute atomic E-state index is 12.3. The van der Waals surface area contributed by atoms with Crippen LogP contribution in [0.3, 0.4) is 0 Å². The topological polar surface area (TPSA) is 59.6 Å². The Hall–Kier alpha value is -2.69. The van der Waals surface area contributed by atoms with Gasteiger partial charge in [0.1, 0.15) is 13.2 Å². The van der Waals surface area contributed by atoms with Gasteiger partial charge in [0, 0.05) is 11.8 Å². The Bertz CT molecular complexity index is 726. The van der Waals surface area contributed by atoms with Gasteiger partial charge in [-0.15, -0.1) is 0 Å². The number of amides is 2. The molecule has 0 spiro atoms. The molecule has 2 amide bonds. The van der Waals surface area contributed by atoms with Crippen LogP contribution < -0.4 is 20.1 Å². The molecule has 23 heavy (non-hydrogen) atoms. The third kappa shape index (κ3) is 2.82. The van der Waals surface area contributed by atoms with Crippen molar-refractivity contribution < 1.29 is 14.3 Å². The summed E-state index contributed by atoms with van der Waals surface area (Å²) in [6.45, 7) is 1.08. The summed E-state index contributed by atoms with van der Waals surface area (Å²) in [4.78, 5) is 12.3. The molecule has 0 radical (unpaired) electrons. The van der Waals surface area contributed by atoms with Gasteiger partial charge in [-0.25, -0.2) is 4.79 Å². The molecule has 2 aromatic carbocycles. The number of ether oxygens (including phenoxy) is 2. The number of hydrogen-bond acceptors (Lipinski definition) is 3. The first kappa shape index (κ1) is 13.9. The highest BCUT2D eigenvalue weighted by Crippen LogP contribution is 2.45. The Balaban J connectivity index is 1.44. The molecule has 1 aliphatic heterocycles. The van der Waals surface area contributed by atoms with E-state index in [0.29, 0.717) is 30.4 Å². The molecule has 4 rings (SSSR count). The molecule has 2 N–H and O–H groups in total. The van der Waals surface area contributed by atoms with E-state index in [-0.39, 0.29) is 11.6 Å². The normalized spacial score (nSPS) is 17.2. The average molecular weight is 310 g/mol. The van der Waals surface area contributed by atoms with Gasteiger partial charge in [-0.05, 0) is 30.5 Å². The van der Waals surface area contributed by atoms with Crippen molar-refractivity contribution in [3.8, 4) is 11.5 Å². The van der Waals surface area contributed by atoms with Gasteiger partial charge in [-0.1, -0.05) is 30.3 Å². The lowest BCUT2D eigenvalue weighted by molar-refractivity contribution is 0.171. The van der Waals surface area contributed by atoms with E-state index in [1.54, 1.807) is 6.07 Å². The smallest absolute Gasteiger partial charge is 0.319 e. The molecule has 2 aliphatic rings. The van der Waals surface area contributed by atoms with E-state index in [4.69, 9.17) is 9.47 Å². The van der Waals surface area contributed by atoms with Crippen molar-refractivity contribution in [2.75, 3.05) is 18.5 Å². The Labute approximate surface area is 134 Å². The maximum Gasteiger partial charge on any atom is 0.319 e. The number of hydrogen-bond donors (Lipinski definition) is 2. The van der Waals surface area contributed by atoms with Crippen LogP contribution in [0.15, 0.2) is 48.5 Å². The highest BCUT2D eigenvalue weighted by Gasteiger charge is 2.45. The Morgan fingerprint density at radius 3 is 2.43 bits per heavy atom.